The molecule has 0 amide bonds. The second kappa shape index (κ2) is 4.91. The van der Waals surface area contributed by atoms with Gasteiger partial charge in [-0.05, 0) is 59.3 Å². The number of carbonyl (C=O) groups excluding carboxylic acids is 1. The Morgan fingerprint density at radius 1 is 1.31 bits per heavy atom. The Morgan fingerprint density at radius 3 is 2.75 bits per heavy atom. The molecular weight excluding hydrogens is 271 g/mol. The molecule has 1 nitrogen and oxygen atoms in total. The van der Waals surface area contributed by atoms with Crippen LogP contribution < -0.4 is 0 Å². The number of rotatable bonds is 2. The van der Waals surface area contributed by atoms with Crippen LogP contribution in [0.3, 0.4) is 0 Å². The Morgan fingerprint density at radius 2 is 2.12 bits per heavy atom. The lowest BCUT2D eigenvalue weighted by molar-refractivity contribution is 0.102. The monoisotopic (exact) mass is 282 g/mol. The number of hydrogen-bond acceptors (Lipinski definition) is 1. The first kappa shape index (κ1) is 11.5. The summed E-state index contributed by atoms with van der Waals surface area (Å²) in [5.74, 6) is -0.629. The molecule has 0 aliphatic heterocycles. The van der Waals surface area contributed by atoms with Crippen LogP contribution in [0.1, 0.15) is 36.0 Å². The number of carbonyl (C=O) groups is 1. The molecule has 0 saturated heterocycles. The summed E-state index contributed by atoms with van der Waals surface area (Å²) in [6.45, 7) is 0. The molecule has 16 heavy (non-hydrogen) atoms. The van der Waals surface area contributed by atoms with Crippen molar-refractivity contribution in [2.45, 2.75) is 25.7 Å². The third-order valence-electron chi connectivity index (χ3n) is 2.77. The van der Waals surface area contributed by atoms with Crippen LogP contribution in [-0.4, -0.2) is 5.78 Å². The maximum atomic E-state index is 13.6. The van der Waals surface area contributed by atoms with Gasteiger partial charge >= 0.3 is 0 Å². The molecule has 0 bridgehead atoms. The third kappa shape index (κ3) is 2.24. The number of halogens is 2. The molecule has 0 saturated carbocycles. The van der Waals surface area contributed by atoms with Crippen LogP contribution in [0.5, 0.6) is 0 Å². The number of benzene rings is 1. The maximum Gasteiger partial charge on any atom is 0.192 e. The van der Waals surface area contributed by atoms with Gasteiger partial charge in [0.1, 0.15) is 5.82 Å². The molecule has 1 aliphatic carbocycles. The smallest absolute Gasteiger partial charge is 0.192 e. The van der Waals surface area contributed by atoms with E-state index in [0.717, 1.165) is 31.3 Å². The minimum absolute atomic E-state index is 0.163. The summed E-state index contributed by atoms with van der Waals surface area (Å²) >= 11 is 3.23. The molecule has 1 aromatic carbocycles. The average molecular weight is 283 g/mol. The number of ketones is 1. The minimum Gasteiger partial charge on any atom is -0.289 e. The van der Waals surface area contributed by atoms with E-state index in [4.69, 9.17) is 0 Å². The van der Waals surface area contributed by atoms with Crippen molar-refractivity contribution in [3.05, 3.63) is 45.7 Å². The van der Waals surface area contributed by atoms with Gasteiger partial charge in [-0.25, -0.2) is 4.39 Å². The van der Waals surface area contributed by atoms with E-state index in [1.807, 2.05) is 6.08 Å². The van der Waals surface area contributed by atoms with Crippen molar-refractivity contribution < 1.29 is 9.18 Å². The summed E-state index contributed by atoms with van der Waals surface area (Å²) in [4.78, 5) is 12.1. The SMILES string of the molecule is O=C(C1=CCCCC1)c1c(F)cccc1Br. The van der Waals surface area contributed by atoms with Crippen molar-refractivity contribution in [1.82, 2.24) is 0 Å². The van der Waals surface area contributed by atoms with E-state index in [-0.39, 0.29) is 11.3 Å². The van der Waals surface area contributed by atoms with Crippen LogP contribution in [-0.2, 0) is 0 Å². The Bertz CT molecular complexity index is 431. The predicted octanol–water partition coefficient (Wildman–Crippen LogP) is 4.27. The molecule has 1 aromatic rings. The molecule has 1 aliphatic rings. The molecule has 0 radical (unpaired) electrons. The molecule has 84 valence electrons. The van der Waals surface area contributed by atoms with Gasteiger partial charge in [-0.1, -0.05) is 12.1 Å². The summed E-state index contributed by atoms with van der Waals surface area (Å²) in [5.41, 5.74) is 0.910. The van der Waals surface area contributed by atoms with Gasteiger partial charge in [-0.2, -0.15) is 0 Å². The largest absolute Gasteiger partial charge is 0.289 e. The van der Waals surface area contributed by atoms with Gasteiger partial charge in [-0.3, -0.25) is 4.79 Å². The van der Waals surface area contributed by atoms with E-state index in [0.29, 0.717) is 4.47 Å². The Labute approximate surface area is 102 Å². The van der Waals surface area contributed by atoms with E-state index in [1.54, 1.807) is 12.1 Å². The Kier molecular flexibility index (Phi) is 3.54. The fourth-order valence-corrected chi connectivity index (χ4v) is 2.44. The first-order valence-corrected chi connectivity index (χ1v) is 6.17. The van der Waals surface area contributed by atoms with Crippen LogP contribution in [0.15, 0.2) is 34.3 Å². The van der Waals surface area contributed by atoms with E-state index in [2.05, 4.69) is 15.9 Å². The van der Waals surface area contributed by atoms with Crippen LogP contribution in [0.2, 0.25) is 0 Å². The van der Waals surface area contributed by atoms with Crippen molar-refractivity contribution in [3.8, 4) is 0 Å². The predicted molar refractivity (Wildman–Crippen MR) is 65.0 cm³/mol. The van der Waals surface area contributed by atoms with Crippen molar-refractivity contribution >= 4 is 21.7 Å². The van der Waals surface area contributed by atoms with Crippen molar-refractivity contribution in [2.24, 2.45) is 0 Å². The molecule has 0 N–H and O–H groups in total. The molecule has 3 heteroatoms. The summed E-state index contributed by atoms with van der Waals surface area (Å²) in [6, 6.07) is 4.60. The lowest BCUT2D eigenvalue weighted by Crippen LogP contribution is -2.09. The molecule has 0 aromatic heterocycles. The van der Waals surface area contributed by atoms with E-state index < -0.39 is 5.82 Å². The van der Waals surface area contributed by atoms with Gasteiger partial charge in [0, 0.05) is 4.47 Å². The third-order valence-corrected chi connectivity index (χ3v) is 3.43. The summed E-state index contributed by atoms with van der Waals surface area (Å²) in [7, 11) is 0. The second-order valence-electron chi connectivity index (χ2n) is 3.90. The quantitative estimate of drug-likeness (QED) is 0.741. The van der Waals surface area contributed by atoms with Crippen molar-refractivity contribution in [2.75, 3.05) is 0 Å². The highest BCUT2D eigenvalue weighted by molar-refractivity contribution is 9.10. The summed E-state index contributed by atoms with van der Waals surface area (Å²) in [6.07, 6.45) is 5.76. The highest BCUT2D eigenvalue weighted by Gasteiger charge is 2.20. The van der Waals surface area contributed by atoms with Crippen LogP contribution in [0.25, 0.3) is 0 Å². The van der Waals surface area contributed by atoms with Crippen molar-refractivity contribution in [3.63, 3.8) is 0 Å². The summed E-state index contributed by atoms with van der Waals surface area (Å²) < 4.78 is 14.1. The fourth-order valence-electron chi connectivity index (χ4n) is 1.92. The van der Waals surface area contributed by atoms with Gasteiger partial charge in [-0.15, -0.1) is 0 Å². The molecule has 0 heterocycles. The lowest BCUT2D eigenvalue weighted by atomic mass is 9.93. The van der Waals surface area contributed by atoms with Gasteiger partial charge in [0.25, 0.3) is 0 Å². The number of allylic oxidation sites excluding steroid dienone is 2. The minimum atomic E-state index is -0.453. The van der Waals surface area contributed by atoms with Crippen LogP contribution in [0.4, 0.5) is 4.39 Å². The number of Topliss-reactive ketones (excluding diaryl/α,β-unsaturated/α-hetero) is 1. The first-order valence-electron chi connectivity index (χ1n) is 5.38. The van der Waals surface area contributed by atoms with E-state index in [9.17, 15) is 9.18 Å². The van der Waals surface area contributed by atoms with Crippen LogP contribution in [0, 0.1) is 5.82 Å². The van der Waals surface area contributed by atoms with Gasteiger partial charge in [0.05, 0.1) is 5.56 Å². The van der Waals surface area contributed by atoms with Gasteiger partial charge < -0.3 is 0 Å². The highest BCUT2D eigenvalue weighted by Crippen LogP contribution is 2.26. The first-order chi connectivity index (χ1) is 7.70. The van der Waals surface area contributed by atoms with Crippen LogP contribution >= 0.6 is 15.9 Å². The zero-order valence-electron chi connectivity index (χ0n) is 8.80. The molecule has 0 unspecified atom stereocenters. The Hall–Kier alpha value is -0.960. The molecular formula is C13H12BrFO. The summed E-state index contributed by atoms with van der Waals surface area (Å²) in [5, 5.41) is 0. The Balaban J connectivity index is 2.37. The zero-order chi connectivity index (χ0) is 11.5. The average Bonchev–Trinajstić information content (AvgIpc) is 2.30. The second-order valence-corrected chi connectivity index (χ2v) is 4.76. The molecule has 0 fully saturated rings. The van der Waals surface area contributed by atoms with Gasteiger partial charge in [0.15, 0.2) is 5.78 Å². The topological polar surface area (TPSA) is 17.1 Å². The lowest BCUT2D eigenvalue weighted by Gasteiger charge is -2.12. The maximum absolute atomic E-state index is 13.6. The standard InChI is InChI=1S/C13H12BrFO/c14-10-7-4-8-11(15)12(10)13(16)9-5-2-1-3-6-9/h4-5,7-8H,1-3,6H2. The fraction of sp³-hybridized carbons (Fsp3) is 0.308. The molecule has 0 spiro atoms. The molecule has 2 rings (SSSR count). The van der Waals surface area contributed by atoms with Crippen molar-refractivity contribution in [1.29, 1.82) is 0 Å². The van der Waals surface area contributed by atoms with Gasteiger partial charge in [0.2, 0.25) is 0 Å². The highest BCUT2D eigenvalue weighted by atomic mass is 79.9. The van der Waals surface area contributed by atoms with E-state index in [1.165, 1.54) is 6.07 Å². The normalized spacial score (nSPS) is 15.8. The molecule has 0 atom stereocenters. The number of hydrogen-bond donors (Lipinski definition) is 0. The zero-order valence-corrected chi connectivity index (χ0v) is 10.4. The van der Waals surface area contributed by atoms with E-state index >= 15 is 0 Å².